The van der Waals surface area contributed by atoms with Gasteiger partial charge in [-0.15, -0.1) is 0 Å². The number of aromatic hydroxyl groups is 1. The van der Waals surface area contributed by atoms with Gasteiger partial charge in [0.2, 0.25) is 0 Å². The number of carbonyl (C=O) groups excluding carboxylic acids is 1. The molecule has 148 valence electrons. The number of carbonyl (C=O) groups is 2. The van der Waals surface area contributed by atoms with Crippen molar-refractivity contribution in [3.8, 4) is 16.9 Å². The van der Waals surface area contributed by atoms with Crippen molar-refractivity contribution in [2.24, 2.45) is 0 Å². The Morgan fingerprint density at radius 2 is 1.53 bits per heavy atom. The first-order valence-electron chi connectivity index (χ1n) is 9.09. The van der Waals surface area contributed by atoms with Crippen LogP contribution in [0.4, 0.5) is 10.1 Å². The first kappa shape index (κ1) is 19.1. The fraction of sp³-hybridized carbons (Fsp3) is 0. The molecule has 6 heteroatoms. The lowest BCUT2D eigenvalue weighted by Gasteiger charge is -2.12. The maximum absolute atomic E-state index is 13.2. The van der Waals surface area contributed by atoms with Gasteiger partial charge in [0, 0.05) is 11.1 Å². The molecule has 0 aromatic heterocycles. The van der Waals surface area contributed by atoms with E-state index in [4.69, 9.17) is 0 Å². The number of anilines is 1. The highest BCUT2D eigenvalue weighted by Crippen LogP contribution is 2.29. The molecule has 0 aliphatic heterocycles. The van der Waals surface area contributed by atoms with Gasteiger partial charge in [-0.05, 0) is 59.0 Å². The van der Waals surface area contributed by atoms with Crippen molar-refractivity contribution in [1.29, 1.82) is 0 Å². The summed E-state index contributed by atoms with van der Waals surface area (Å²) in [4.78, 5) is 24.7. The van der Waals surface area contributed by atoms with E-state index in [1.165, 1.54) is 30.3 Å². The summed E-state index contributed by atoms with van der Waals surface area (Å²) >= 11 is 0. The number of benzene rings is 4. The summed E-state index contributed by atoms with van der Waals surface area (Å²) in [7, 11) is 0. The van der Waals surface area contributed by atoms with E-state index in [2.05, 4.69) is 5.32 Å². The number of carboxylic acids is 1. The highest BCUT2D eigenvalue weighted by molar-refractivity contribution is 6.14. The molecule has 4 rings (SSSR count). The van der Waals surface area contributed by atoms with E-state index < -0.39 is 17.7 Å². The summed E-state index contributed by atoms with van der Waals surface area (Å²) in [6.45, 7) is 0. The monoisotopic (exact) mass is 401 g/mol. The fourth-order valence-corrected chi connectivity index (χ4v) is 3.30. The number of hydrogen-bond donors (Lipinski definition) is 3. The molecule has 0 unspecified atom stereocenters. The van der Waals surface area contributed by atoms with Crippen LogP contribution in [0.2, 0.25) is 0 Å². The minimum absolute atomic E-state index is 0.0264. The number of carboxylic acid groups (broad SMARTS) is 1. The topological polar surface area (TPSA) is 86.6 Å². The first-order valence-corrected chi connectivity index (χ1v) is 9.09. The van der Waals surface area contributed by atoms with Gasteiger partial charge >= 0.3 is 5.97 Å². The van der Waals surface area contributed by atoms with Crippen molar-refractivity contribution in [2.75, 3.05) is 5.32 Å². The zero-order chi connectivity index (χ0) is 21.3. The minimum atomic E-state index is -1.23. The number of nitrogens with one attached hydrogen (secondary N) is 1. The zero-order valence-electron chi connectivity index (χ0n) is 15.6. The summed E-state index contributed by atoms with van der Waals surface area (Å²) in [5.74, 6) is -2.18. The molecule has 0 radical (unpaired) electrons. The van der Waals surface area contributed by atoms with E-state index in [0.717, 1.165) is 5.39 Å². The zero-order valence-corrected chi connectivity index (χ0v) is 15.6. The molecule has 0 bridgehead atoms. The van der Waals surface area contributed by atoms with Crippen LogP contribution in [0.15, 0.2) is 78.9 Å². The Morgan fingerprint density at radius 1 is 0.800 bits per heavy atom. The van der Waals surface area contributed by atoms with Gasteiger partial charge in [0.15, 0.2) is 0 Å². The Bertz CT molecular complexity index is 1280. The second kappa shape index (κ2) is 7.67. The number of amides is 1. The van der Waals surface area contributed by atoms with E-state index in [-0.39, 0.29) is 16.9 Å². The highest BCUT2D eigenvalue weighted by Gasteiger charge is 2.19. The van der Waals surface area contributed by atoms with Crippen LogP contribution in [0.3, 0.4) is 0 Å². The summed E-state index contributed by atoms with van der Waals surface area (Å²) in [6, 6.07) is 20.1. The van der Waals surface area contributed by atoms with Crippen LogP contribution < -0.4 is 5.32 Å². The van der Waals surface area contributed by atoms with Crippen LogP contribution in [-0.2, 0) is 0 Å². The van der Waals surface area contributed by atoms with Gasteiger partial charge in [-0.3, -0.25) is 4.79 Å². The molecule has 4 aromatic rings. The molecule has 0 spiro atoms. The molecule has 0 fully saturated rings. The Labute approximate surface area is 171 Å². The Kier molecular flexibility index (Phi) is 4.90. The maximum atomic E-state index is 13.2. The van der Waals surface area contributed by atoms with E-state index in [1.54, 1.807) is 42.5 Å². The lowest BCUT2D eigenvalue weighted by Crippen LogP contribution is -2.16. The van der Waals surface area contributed by atoms with Crippen molar-refractivity contribution in [1.82, 2.24) is 0 Å². The number of hydrogen-bond acceptors (Lipinski definition) is 3. The molecule has 30 heavy (non-hydrogen) atoms. The number of phenols is 1. The smallest absolute Gasteiger partial charge is 0.336 e. The fourth-order valence-electron chi connectivity index (χ4n) is 3.30. The third-order valence-corrected chi connectivity index (χ3v) is 4.79. The third-order valence-electron chi connectivity index (χ3n) is 4.79. The predicted molar refractivity (Wildman–Crippen MR) is 112 cm³/mol. The van der Waals surface area contributed by atoms with Gasteiger partial charge in [0.05, 0.1) is 11.1 Å². The molecule has 0 saturated heterocycles. The minimum Gasteiger partial charge on any atom is -0.508 e. The van der Waals surface area contributed by atoms with Crippen LogP contribution in [-0.4, -0.2) is 22.1 Å². The van der Waals surface area contributed by atoms with E-state index in [1.807, 2.05) is 6.07 Å². The van der Waals surface area contributed by atoms with Crippen LogP contribution in [0.25, 0.3) is 21.9 Å². The number of phenolic OH excluding ortho intramolecular Hbond substituents is 1. The molecule has 0 saturated carbocycles. The largest absolute Gasteiger partial charge is 0.508 e. The van der Waals surface area contributed by atoms with Crippen molar-refractivity contribution in [2.45, 2.75) is 0 Å². The average Bonchev–Trinajstić information content (AvgIpc) is 2.74. The second-order valence-corrected chi connectivity index (χ2v) is 6.74. The molecule has 0 heterocycles. The van der Waals surface area contributed by atoms with Crippen molar-refractivity contribution >= 4 is 28.3 Å². The summed E-state index contributed by atoms with van der Waals surface area (Å²) < 4.78 is 13.2. The molecule has 0 aliphatic rings. The van der Waals surface area contributed by atoms with E-state index >= 15 is 0 Å². The lowest BCUT2D eigenvalue weighted by atomic mass is 9.98. The van der Waals surface area contributed by atoms with Crippen molar-refractivity contribution in [3.05, 3.63) is 95.8 Å². The molecular formula is C24H16FNO4. The van der Waals surface area contributed by atoms with Crippen LogP contribution in [0, 0.1) is 5.82 Å². The molecule has 4 aromatic carbocycles. The van der Waals surface area contributed by atoms with E-state index in [0.29, 0.717) is 22.2 Å². The second-order valence-electron chi connectivity index (χ2n) is 6.74. The molecule has 0 aliphatic carbocycles. The normalized spacial score (nSPS) is 10.7. The van der Waals surface area contributed by atoms with Crippen LogP contribution in [0.5, 0.6) is 5.75 Å². The third kappa shape index (κ3) is 3.71. The van der Waals surface area contributed by atoms with Gasteiger partial charge in [0.25, 0.3) is 5.91 Å². The van der Waals surface area contributed by atoms with Gasteiger partial charge in [-0.2, -0.15) is 0 Å². The highest BCUT2D eigenvalue weighted by atomic mass is 19.1. The molecule has 1 amide bonds. The van der Waals surface area contributed by atoms with Crippen molar-refractivity contribution in [3.63, 3.8) is 0 Å². The van der Waals surface area contributed by atoms with Crippen LogP contribution in [0.1, 0.15) is 20.7 Å². The van der Waals surface area contributed by atoms with Crippen molar-refractivity contribution < 1.29 is 24.2 Å². The number of fused-ring (bicyclic) bond motifs is 1. The SMILES string of the molecule is O=C(O)c1ccc(-c2ccc(F)cc2)cc1C(=O)Nc1cccc2ccc(O)cc12. The summed E-state index contributed by atoms with van der Waals surface area (Å²) in [5.41, 5.74) is 1.50. The maximum Gasteiger partial charge on any atom is 0.336 e. The Morgan fingerprint density at radius 3 is 2.27 bits per heavy atom. The summed E-state index contributed by atoms with van der Waals surface area (Å²) in [6.07, 6.45) is 0. The Hall–Kier alpha value is -4.19. The van der Waals surface area contributed by atoms with Gasteiger partial charge in [0.1, 0.15) is 11.6 Å². The molecule has 5 nitrogen and oxygen atoms in total. The van der Waals surface area contributed by atoms with Gasteiger partial charge < -0.3 is 15.5 Å². The molecule has 3 N–H and O–H groups in total. The molecular weight excluding hydrogens is 385 g/mol. The summed E-state index contributed by atoms with van der Waals surface area (Å²) in [5, 5.41) is 23.5. The predicted octanol–water partition coefficient (Wildman–Crippen LogP) is 5.30. The van der Waals surface area contributed by atoms with Gasteiger partial charge in [-0.1, -0.05) is 36.4 Å². The lowest BCUT2D eigenvalue weighted by molar-refractivity contribution is 0.0692. The number of rotatable bonds is 4. The standard InChI is InChI=1S/C24H16FNO4/c25-17-8-4-14(5-9-17)16-7-11-19(24(29)30)21(12-16)23(28)26-22-3-1-2-15-6-10-18(27)13-20(15)22/h1-13,27H,(H,26,28)(H,29,30). The van der Waals surface area contributed by atoms with Gasteiger partial charge in [-0.25, -0.2) is 9.18 Å². The van der Waals surface area contributed by atoms with E-state index in [9.17, 15) is 24.2 Å². The first-order chi connectivity index (χ1) is 14.4. The average molecular weight is 401 g/mol. The number of aromatic carboxylic acids is 1. The number of halogens is 1. The van der Waals surface area contributed by atoms with Crippen LogP contribution >= 0.6 is 0 Å². The Balaban J connectivity index is 1.76. The molecule has 0 atom stereocenters. The quantitative estimate of drug-likeness (QED) is 0.433.